The van der Waals surface area contributed by atoms with Gasteiger partial charge in [-0.1, -0.05) is 60.7 Å². The van der Waals surface area contributed by atoms with Gasteiger partial charge < -0.3 is 10.1 Å². The Kier molecular flexibility index (Phi) is 6.16. The summed E-state index contributed by atoms with van der Waals surface area (Å²) in [7, 11) is 0. The molecular weight excluding hydrogens is 318 g/mol. The predicted molar refractivity (Wildman–Crippen MR) is 108 cm³/mol. The summed E-state index contributed by atoms with van der Waals surface area (Å²) in [5.41, 5.74) is 3.20. The van der Waals surface area contributed by atoms with Crippen molar-refractivity contribution in [2.45, 2.75) is 58.1 Å². The van der Waals surface area contributed by atoms with Crippen molar-refractivity contribution >= 4 is 0 Å². The molecule has 0 aromatic heterocycles. The minimum absolute atomic E-state index is 0.0158. The van der Waals surface area contributed by atoms with Crippen LogP contribution >= 0.6 is 0 Å². The number of ether oxygens (including phenoxy) is 1. The topological polar surface area (TPSA) is 25.8 Å². The predicted octanol–water partition coefficient (Wildman–Crippen LogP) is 4.52. The molecule has 2 heteroatoms. The number of hydrogen-bond acceptors (Lipinski definition) is 1. The summed E-state index contributed by atoms with van der Waals surface area (Å²) in [6.45, 7) is 8.87. The number of rotatable bonds is 7. The highest BCUT2D eigenvalue weighted by Gasteiger charge is 2.41. The fourth-order valence-electron chi connectivity index (χ4n) is 4.60. The second-order valence-electron chi connectivity index (χ2n) is 8.67. The molecule has 0 saturated carbocycles. The fraction of sp³-hybridized carbons (Fsp3) is 0.500. The van der Waals surface area contributed by atoms with Gasteiger partial charge in [-0.15, -0.1) is 0 Å². The third-order valence-electron chi connectivity index (χ3n) is 5.87. The van der Waals surface area contributed by atoms with Crippen LogP contribution in [0.5, 0.6) is 0 Å². The van der Waals surface area contributed by atoms with Crippen LogP contribution < -0.4 is 5.32 Å². The van der Waals surface area contributed by atoms with E-state index in [1.165, 1.54) is 30.5 Å². The van der Waals surface area contributed by atoms with Crippen LogP contribution in [0, 0.1) is 5.41 Å². The standard InChI is InChI=1S/C24H33NO/c1-20(22-12-8-5-9-13-22)25-16-14-24(15-17-26-23(2,3)19-24)18-21-10-6-4-7-11-21/h4-13,20,25H,14-19H2,1-3H3/p+1/t20-,24-/m1/s1. The highest BCUT2D eigenvalue weighted by atomic mass is 16.5. The van der Waals surface area contributed by atoms with E-state index in [9.17, 15) is 0 Å². The number of hydrogen-bond donors (Lipinski definition) is 1. The Balaban J connectivity index is 1.66. The van der Waals surface area contributed by atoms with Crippen molar-refractivity contribution in [2.24, 2.45) is 5.41 Å². The molecule has 0 unspecified atom stereocenters. The minimum Gasteiger partial charge on any atom is -0.376 e. The number of benzene rings is 2. The quantitative estimate of drug-likeness (QED) is 0.779. The lowest BCUT2D eigenvalue weighted by molar-refractivity contribution is -0.694. The molecule has 0 bridgehead atoms. The van der Waals surface area contributed by atoms with Crippen molar-refractivity contribution in [3.63, 3.8) is 0 Å². The lowest BCUT2D eigenvalue weighted by Gasteiger charge is -2.45. The van der Waals surface area contributed by atoms with Gasteiger partial charge in [-0.2, -0.15) is 0 Å². The van der Waals surface area contributed by atoms with Crippen LogP contribution in [0.25, 0.3) is 0 Å². The van der Waals surface area contributed by atoms with Crippen molar-refractivity contribution in [1.29, 1.82) is 0 Å². The Bertz CT molecular complexity index is 667. The molecule has 2 atom stereocenters. The molecule has 0 aliphatic carbocycles. The Hall–Kier alpha value is -1.64. The van der Waals surface area contributed by atoms with Gasteiger partial charge in [0, 0.05) is 18.6 Å². The molecule has 0 spiro atoms. The third-order valence-corrected chi connectivity index (χ3v) is 5.87. The van der Waals surface area contributed by atoms with E-state index in [1.807, 2.05) is 0 Å². The van der Waals surface area contributed by atoms with Crippen molar-refractivity contribution in [3.05, 3.63) is 71.8 Å². The first-order valence-corrected chi connectivity index (χ1v) is 10.0. The monoisotopic (exact) mass is 352 g/mol. The number of quaternary nitrogens is 1. The average molecular weight is 353 g/mol. The zero-order valence-electron chi connectivity index (χ0n) is 16.6. The van der Waals surface area contributed by atoms with E-state index in [2.05, 4.69) is 86.8 Å². The lowest BCUT2D eigenvalue weighted by Crippen LogP contribution is -2.85. The van der Waals surface area contributed by atoms with E-state index in [4.69, 9.17) is 4.74 Å². The van der Waals surface area contributed by atoms with Crippen molar-refractivity contribution in [3.8, 4) is 0 Å². The van der Waals surface area contributed by atoms with Crippen LogP contribution in [0.3, 0.4) is 0 Å². The molecule has 2 N–H and O–H groups in total. The Morgan fingerprint density at radius 3 is 2.31 bits per heavy atom. The van der Waals surface area contributed by atoms with Crippen LogP contribution in [-0.2, 0) is 11.2 Å². The Labute approximate surface area is 159 Å². The minimum atomic E-state index is -0.0158. The van der Waals surface area contributed by atoms with Gasteiger partial charge in [0.25, 0.3) is 0 Å². The largest absolute Gasteiger partial charge is 0.376 e. The van der Waals surface area contributed by atoms with Crippen LogP contribution in [0.4, 0.5) is 0 Å². The first-order chi connectivity index (χ1) is 12.5. The van der Waals surface area contributed by atoms with E-state index in [1.54, 1.807) is 0 Å². The maximum absolute atomic E-state index is 6.04. The molecule has 0 radical (unpaired) electrons. The van der Waals surface area contributed by atoms with Gasteiger partial charge in [-0.25, -0.2) is 0 Å². The van der Waals surface area contributed by atoms with Gasteiger partial charge in [0.2, 0.25) is 0 Å². The summed E-state index contributed by atoms with van der Waals surface area (Å²) in [6, 6.07) is 22.3. The van der Waals surface area contributed by atoms with Gasteiger partial charge in [0.1, 0.15) is 6.04 Å². The van der Waals surface area contributed by atoms with E-state index in [0.29, 0.717) is 11.5 Å². The summed E-state index contributed by atoms with van der Waals surface area (Å²) < 4.78 is 6.04. The van der Waals surface area contributed by atoms with E-state index >= 15 is 0 Å². The van der Waals surface area contributed by atoms with Crippen LogP contribution in [-0.4, -0.2) is 18.8 Å². The zero-order chi connectivity index (χ0) is 18.5. The fourth-order valence-corrected chi connectivity index (χ4v) is 4.60. The molecule has 26 heavy (non-hydrogen) atoms. The van der Waals surface area contributed by atoms with Crippen molar-refractivity contribution in [2.75, 3.05) is 13.2 Å². The molecule has 140 valence electrons. The van der Waals surface area contributed by atoms with E-state index in [-0.39, 0.29) is 5.60 Å². The number of nitrogens with two attached hydrogens (primary N) is 1. The summed E-state index contributed by atoms with van der Waals surface area (Å²) in [5, 5.41) is 2.50. The second-order valence-corrected chi connectivity index (χ2v) is 8.67. The molecular formula is C24H34NO+. The zero-order valence-corrected chi connectivity index (χ0v) is 16.6. The van der Waals surface area contributed by atoms with E-state index < -0.39 is 0 Å². The van der Waals surface area contributed by atoms with Gasteiger partial charge >= 0.3 is 0 Å². The molecule has 0 amide bonds. The first kappa shape index (κ1) is 19.1. The molecule has 2 nitrogen and oxygen atoms in total. The SMILES string of the molecule is C[C@@H]([NH2+]CC[C@]1(Cc2ccccc2)CCOC(C)(C)C1)c1ccccc1. The van der Waals surface area contributed by atoms with Crippen LogP contribution in [0.1, 0.15) is 57.2 Å². The van der Waals surface area contributed by atoms with Gasteiger partial charge in [0.15, 0.2) is 0 Å². The molecule has 1 heterocycles. The second kappa shape index (κ2) is 8.37. The van der Waals surface area contributed by atoms with Gasteiger partial charge in [-0.3, -0.25) is 0 Å². The average Bonchev–Trinajstić information content (AvgIpc) is 2.62. The van der Waals surface area contributed by atoms with Crippen LogP contribution in [0.15, 0.2) is 60.7 Å². The highest BCUT2D eigenvalue weighted by Crippen LogP contribution is 2.43. The molecule has 2 aromatic carbocycles. The molecule has 1 saturated heterocycles. The maximum atomic E-state index is 6.04. The molecule has 1 aliphatic rings. The normalized spacial score (nSPS) is 23.5. The summed E-state index contributed by atoms with van der Waals surface area (Å²) in [6.07, 6.45) is 4.71. The van der Waals surface area contributed by atoms with Crippen molar-refractivity contribution < 1.29 is 10.1 Å². The van der Waals surface area contributed by atoms with E-state index in [0.717, 1.165) is 19.4 Å². The summed E-state index contributed by atoms with van der Waals surface area (Å²) >= 11 is 0. The summed E-state index contributed by atoms with van der Waals surface area (Å²) in [4.78, 5) is 0. The molecule has 1 fully saturated rings. The molecule has 1 aliphatic heterocycles. The Morgan fingerprint density at radius 1 is 1.00 bits per heavy atom. The third kappa shape index (κ3) is 5.18. The first-order valence-electron chi connectivity index (χ1n) is 10.0. The van der Waals surface area contributed by atoms with Crippen LogP contribution in [0.2, 0.25) is 0 Å². The van der Waals surface area contributed by atoms with Crippen molar-refractivity contribution in [1.82, 2.24) is 0 Å². The lowest BCUT2D eigenvalue weighted by atomic mass is 9.68. The Morgan fingerprint density at radius 2 is 1.65 bits per heavy atom. The summed E-state index contributed by atoms with van der Waals surface area (Å²) in [5.74, 6) is 0. The maximum Gasteiger partial charge on any atom is 0.109 e. The highest BCUT2D eigenvalue weighted by molar-refractivity contribution is 5.18. The smallest absolute Gasteiger partial charge is 0.109 e. The van der Waals surface area contributed by atoms with Gasteiger partial charge in [-0.05, 0) is 51.0 Å². The molecule has 2 aromatic rings. The molecule has 3 rings (SSSR count). The van der Waals surface area contributed by atoms with Gasteiger partial charge in [0.05, 0.1) is 12.1 Å².